The normalized spacial score (nSPS) is 11.0. The first kappa shape index (κ1) is 16.2. The Labute approximate surface area is 141 Å². The summed E-state index contributed by atoms with van der Waals surface area (Å²) >= 11 is 23.4. The third-order valence-electron chi connectivity index (χ3n) is 2.67. The predicted octanol–water partition coefficient (Wildman–Crippen LogP) is 5.90. The van der Waals surface area contributed by atoms with E-state index in [0.29, 0.717) is 15.6 Å². The van der Waals surface area contributed by atoms with Gasteiger partial charge in [-0.3, -0.25) is 4.79 Å². The van der Waals surface area contributed by atoms with Crippen molar-refractivity contribution in [3.8, 4) is 5.75 Å². The van der Waals surface area contributed by atoms with Gasteiger partial charge in [-0.05, 0) is 42.0 Å². The van der Waals surface area contributed by atoms with Gasteiger partial charge in [-0.2, -0.15) is 0 Å². The molecule has 0 fully saturated rings. The number of allylic oxidation sites excluding steroid dienone is 1. The highest BCUT2D eigenvalue weighted by atomic mass is 35.5. The van der Waals surface area contributed by atoms with Gasteiger partial charge in [0.2, 0.25) is 0 Å². The Hall–Kier alpha value is -1.19. The van der Waals surface area contributed by atoms with Crippen LogP contribution in [0, 0.1) is 0 Å². The van der Waals surface area contributed by atoms with E-state index in [1.807, 2.05) is 0 Å². The summed E-state index contributed by atoms with van der Waals surface area (Å²) in [7, 11) is 0. The van der Waals surface area contributed by atoms with Gasteiger partial charge in [0.15, 0.2) is 5.78 Å². The van der Waals surface area contributed by atoms with Crippen molar-refractivity contribution in [1.29, 1.82) is 0 Å². The number of carbonyl (C=O) groups is 1. The van der Waals surface area contributed by atoms with Crippen LogP contribution in [0.5, 0.6) is 5.75 Å². The third-order valence-corrected chi connectivity index (χ3v) is 3.74. The molecule has 108 valence electrons. The van der Waals surface area contributed by atoms with Crippen molar-refractivity contribution in [3.63, 3.8) is 0 Å². The van der Waals surface area contributed by atoms with Crippen LogP contribution in [-0.4, -0.2) is 10.9 Å². The molecule has 0 amide bonds. The van der Waals surface area contributed by atoms with Crippen molar-refractivity contribution in [2.75, 3.05) is 0 Å². The van der Waals surface area contributed by atoms with Crippen molar-refractivity contribution < 1.29 is 9.90 Å². The summed E-state index contributed by atoms with van der Waals surface area (Å²) in [6, 6.07) is 7.61. The molecule has 0 aliphatic heterocycles. The fourth-order valence-corrected chi connectivity index (χ4v) is 2.61. The summed E-state index contributed by atoms with van der Waals surface area (Å²) in [6.45, 7) is 0. The molecule has 0 saturated heterocycles. The number of phenolic OH excluding ortho intramolecular Hbond substituents is 1. The second kappa shape index (κ2) is 6.71. The van der Waals surface area contributed by atoms with Crippen molar-refractivity contribution in [1.82, 2.24) is 0 Å². The summed E-state index contributed by atoms with van der Waals surface area (Å²) in [4.78, 5) is 12.1. The molecule has 0 heterocycles. The lowest BCUT2D eigenvalue weighted by atomic mass is 10.1. The average molecular weight is 362 g/mol. The second-order valence-electron chi connectivity index (χ2n) is 4.15. The number of rotatable bonds is 3. The number of hydrogen-bond donors (Lipinski definition) is 1. The lowest BCUT2D eigenvalue weighted by Gasteiger charge is -2.04. The molecule has 0 aliphatic rings. The van der Waals surface area contributed by atoms with E-state index in [-0.39, 0.29) is 21.4 Å². The Morgan fingerprint density at radius 1 is 0.952 bits per heavy atom. The molecule has 21 heavy (non-hydrogen) atoms. The summed E-state index contributed by atoms with van der Waals surface area (Å²) < 4.78 is 0. The standard InChI is InChI=1S/C15H8Cl4O2/c16-9-3-1-8(12(18)6-9)2-4-14(20)11-5-10(17)7-13(19)15(11)21/h1-7,21H/b4-2+. The molecule has 0 unspecified atom stereocenters. The number of benzene rings is 2. The monoisotopic (exact) mass is 360 g/mol. The molecular formula is C15H8Cl4O2. The molecule has 0 radical (unpaired) electrons. The molecular weight excluding hydrogens is 354 g/mol. The largest absolute Gasteiger partial charge is 0.506 e. The maximum absolute atomic E-state index is 12.1. The third kappa shape index (κ3) is 3.92. The lowest BCUT2D eigenvalue weighted by Crippen LogP contribution is -1.95. The molecule has 2 aromatic rings. The second-order valence-corrected chi connectivity index (χ2v) is 5.83. The van der Waals surface area contributed by atoms with Gasteiger partial charge in [0, 0.05) is 15.1 Å². The number of phenols is 1. The molecule has 6 heteroatoms. The Bertz CT molecular complexity index is 739. The minimum Gasteiger partial charge on any atom is -0.506 e. The van der Waals surface area contributed by atoms with E-state index in [0.717, 1.165) is 0 Å². The van der Waals surface area contributed by atoms with Crippen LogP contribution in [0.3, 0.4) is 0 Å². The Balaban J connectivity index is 2.31. The summed E-state index contributed by atoms with van der Waals surface area (Å²) in [5, 5.41) is 11.0. The highest BCUT2D eigenvalue weighted by Crippen LogP contribution is 2.32. The minimum absolute atomic E-state index is 0.0174. The van der Waals surface area contributed by atoms with Gasteiger partial charge in [-0.15, -0.1) is 0 Å². The van der Waals surface area contributed by atoms with Crippen LogP contribution >= 0.6 is 46.4 Å². The zero-order valence-electron chi connectivity index (χ0n) is 10.4. The quantitative estimate of drug-likeness (QED) is 0.545. The summed E-state index contributed by atoms with van der Waals surface area (Å²) in [6.07, 6.45) is 2.80. The van der Waals surface area contributed by atoms with Gasteiger partial charge < -0.3 is 5.11 Å². The van der Waals surface area contributed by atoms with Gasteiger partial charge in [0.1, 0.15) is 5.75 Å². The van der Waals surface area contributed by atoms with Crippen molar-refractivity contribution in [2.24, 2.45) is 0 Å². The molecule has 2 aromatic carbocycles. The Morgan fingerprint density at radius 3 is 2.29 bits per heavy atom. The van der Waals surface area contributed by atoms with Gasteiger partial charge in [0.25, 0.3) is 0 Å². The smallest absolute Gasteiger partial charge is 0.189 e. The molecule has 2 nitrogen and oxygen atoms in total. The van der Waals surface area contributed by atoms with Crippen molar-refractivity contribution >= 4 is 58.3 Å². The van der Waals surface area contributed by atoms with E-state index in [9.17, 15) is 9.90 Å². The fourth-order valence-electron chi connectivity index (χ4n) is 1.65. The zero-order valence-corrected chi connectivity index (χ0v) is 13.4. The molecule has 0 aromatic heterocycles. The van der Waals surface area contributed by atoms with Gasteiger partial charge in [-0.25, -0.2) is 0 Å². The van der Waals surface area contributed by atoms with Crippen LogP contribution in [0.2, 0.25) is 20.1 Å². The van der Waals surface area contributed by atoms with Gasteiger partial charge in [0.05, 0.1) is 10.6 Å². The van der Waals surface area contributed by atoms with E-state index in [1.165, 1.54) is 24.3 Å². The van der Waals surface area contributed by atoms with Crippen LogP contribution in [0.25, 0.3) is 6.08 Å². The Kier molecular flexibility index (Phi) is 5.17. The molecule has 1 N–H and O–H groups in total. The maximum Gasteiger partial charge on any atom is 0.189 e. The van der Waals surface area contributed by atoms with Crippen LogP contribution < -0.4 is 0 Å². The number of aromatic hydroxyl groups is 1. The van der Waals surface area contributed by atoms with Crippen LogP contribution in [0.4, 0.5) is 0 Å². The number of ketones is 1. The summed E-state index contributed by atoms with van der Waals surface area (Å²) in [5.41, 5.74) is 0.649. The van der Waals surface area contributed by atoms with E-state index in [4.69, 9.17) is 46.4 Å². The number of carbonyl (C=O) groups excluding carboxylic acids is 1. The van der Waals surface area contributed by atoms with E-state index < -0.39 is 5.78 Å². The van der Waals surface area contributed by atoms with Crippen LogP contribution in [0.15, 0.2) is 36.4 Å². The van der Waals surface area contributed by atoms with E-state index in [2.05, 4.69) is 0 Å². The van der Waals surface area contributed by atoms with E-state index in [1.54, 1.807) is 18.2 Å². The maximum atomic E-state index is 12.1. The molecule has 0 aliphatic carbocycles. The first-order chi connectivity index (χ1) is 9.88. The first-order valence-corrected chi connectivity index (χ1v) is 7.25. The summed E-state index contributed by atoms with van der Waals surface area (Å²) in [5.74, 6) is -0.749. The topological polar surface area (TPSA) is 37.3 Å². The molecule has 0 atom stereocenters. The van der Waals surface area contributed by atoms with Gasteiger partial charge >= 0.3 is 0 Å². The molecule has 2 rings (SSSR count). The Morgan fingerprint density at radius 2 is 1.62 bits per heavy atom. The first-order valence-electron chi connectivity index (χ1n) is 5.74. The number of hydrogen-bond acceptors (Lipinski definition) is 2. The molecule has 0 bridgehead atoms. The van der Waals surface area contributed by atoms with Crippen LogP contribution in [-0.2, 0) is 0 Å². The number of halogens is 4. The zero-order chi connectivity index (χ0) is 15.6. The van der Waals surface area contributed by atoms with E-state index >= 15 is 0 Å². The van der Waals surface area contributed by atoms with Gasteiger partial charge in [-0.1, -0.05) is 52.5 Å². The van der Waals surface area contributed by atoms with Crippen molar-refractivity contribution in [2.45, 2.75) is 0 Å². The highest BCUT2D eigenvalue weighted by molar-refractivity contribution is 6.37. The molecule has 0 saturated carbocycles. The molecule has 0 spiro atoms. The minimum atomic E-state index is -0.442. The van der Waals surface area contributed by atoms with Crippen molar-refractivity contribution in [3.05, 3.63) is 67.6 Å². The van der Waals surface area contributed by atoms with Crippen LogP contribution in [0.1, 0.15) is 15.9 Å². The SMILES string of the molecule is O=C(/C=C/c1ccc(Cl)cc1Cl)c1cc(Cl)cc(Cl)c1O. The lowest BCUT2D eigenvalue weighted by molar-refractivity contribution is 0.104. The highest BCUT2D eigenvalue weighted by Gasteiger charge is 2.13. The fraction of sp³-hybridized carbons (Fsp3) is 0. The average Bonchev–Trinajstić information content (AvgIpc) is 2.41. The predicted molar refractivity (Wildman–Crippen MR) is 88.0 cm³/mol.